The van der Waals surface area contributed by atoms with Crippen LogP contribution in [-0.2, 0) is 19.4 Å². The number of hydrogen-bond acceptors (Lipinski definition) is 5. The molecule has 0 amide bonds. The molecular weight excluding hydrogens is 380 g/mol. The van der Waals surface area contributed by atoms with Gasteiger partial charge in [0, 0.05) is 18.8 Å². The molecule has 0 aromatic rings. The second kappa shape index (κ2) is 6.50. The van der Waals surface area contributed by atoms with Gasteiger partial charge in [0.25, 0.3) is 0 Å². The van der Waals surface area contributed by atoms with Gasteiger partial charge in [-0.2, -0.15) is 8.42 Å². The van der Waals surface area contributed by atoms with Crippen molar-refractivity contribution < 1.29 is 27.1 Å². The van der Waals surface area contributed by atoms with Crippen molar-refractivity contribution in [2.24, 2.45) is 40.4 Å². The van der Waals surface area contributed by atoms with Crippen LogP contribution in [0.1, 0.15) is 78.6 Å². The quantitative estimate of drug-likeness (QED) is 0.539. The monoisotopic (exact) mass is 414 g/mol. The van der Waals surface area contributed by atoms with Crippen molar-refractivity contribution >= 4 is 16.2 Å². The molecule has 0 saturated heterocycles. The third kappa shape index (κ3) is 3.17. The van der Waals surface area contributed by atoms with Crippen LogP contribution in [0.5, 0.6) is 0 Å². The van der Waals surface area contributed by atoms with Crippen molar-refractivity contribution in [2.45, 2.75) is 84.3 Å². The Morgan fingerprint density at radius 2 is 1.64 bits per heavy atom. The third-order valence-electron chi connectivity index (χ3n) is 9.44. The molecule has 0 bridgehead atoms. The first-order valence-corrected chi connectivity index (χ1v) is 12.2. The number of Topliss-reactive ketones (excluding diaryl/α,β-unsaturated/α-hetero) is 1. The second-order valence-electron chi connectivity index (χ2n) is 10.6. The molecule has 8 atom stereocenters. The smallest absolute Gasteiger partial charge is 0.364 e. The lowest BCUT2D eigenvalue weighted by atomic mass is 9.44. The molecule has 4 aliphatic rings. The zero-order valence-corrected chi connectivity index (χ0v) is 18.0. The molecule has 1 unspecified atom stereocenters. The van der Waals surface area contributed by atoms with Crippen molar-refractivity contribution in [3.05, 3.63) is 0 Å². The van der Waals surface area contributed by atoms with Gasteiger partial charge in [-0.15, -0.1) is 0 Å². The van der Waals surface area contributed by atoms with Gasteiger partial charge >= 0.3 is 10.4 Å². The first-order chi connectivity index (χ1) is 12.9. The average molecular weight is 415 g/mol. The van der Waals surface area contributed by atoms with E-state index in [2.05, 4.69) is 18.0 Å². The van der Waals surface area contributed by atoms with Crippen molar-refractivity contribution in [3.8, 4) is 0 Å². The Hall–Kier alpha value is -0.500. The van der Waals surface area contributed by atoms with Crippen molar-refractivity contribution in [3.63, 3.8) is 0 Å². The number of carbonyl (C=O) groups is 1. The van der Waals surface area contributed by atoms with Crippen molar-refractivity contribution in [2.75, 3.05) is 0 Å². The van der Waals surface area contributed by atoms with Crippen molar-refractivity contribution in [1.82, 2.24) is 0 Å². The van der Waals surface area contributed by atoms with Gasteiger partial charge in [-0.05, 0) is 86.4 Å². The Morgan fingerprint density at radius 3 is 2.29 bits per heavy atom. The largest absolute Gasteiger partial charge is 0.400 e. The van der Waals surface area contributed by atoms with Crippen molar-refractivity contribution in [1.29, 1.82) is 0 Å². The highest BCUT2D eigenvalue weighted by Crippen LogP contribution is 2.68. The minimum absolute atomic E-state index is 0.0490. The summed E-state index contributed by atoms with van der Waals surface area (Å²) < 4.78 is 36.0. The molecule has 0 spiro atoms. The fourth-order valence-electron chi connectivity index (χ4n) is 8.15. The fourth-order valence-corrected chi connectivity index (χ4v) is 8.69. The topological polar surface area (TPSA) is 101 Å². The lowest BCUT2D eigenvalue weighted by Crippen LogP contribution is -2.56. The number of hydrogen-bond donors (Lipinski definition) is 2. The molecule has 6 nitrogen and oxygen atoms in total. The molecule has 0 radical (unpaired) electrons. The van der Waals surface area contributed by atoms with Crippen LogP contribution in [0.3, 0.4) is 0 Å². The molecule has 0 heterocycles. The first-order valence-electron chi connectivity index (χ1n) is 10.8. The molecule has 0 aromatic carbocycles. The average Bonchev–Trinajstić information content (AvgIpc) is 2.91. The minimum Gasteiger partial charge on any atom is -0.364 e. The molecule has 4 saturated carbocycles. The van der Waals surface area contributed by atoms with Gasteiger partial charge in [-0.25, -0.2) is 4.18 Å². The maximum atomic E-state index is 12.2. The van der Waals surface area contributed by atoms with E-state index in [1.807, 2.05) is 0 Å². The van der Waals surface area contributed by atoms with E-state index in [0.29, 0.717) is 30.0 Å². The maximum Gasteiger partial charge on any atom is 0.400 e. The number of ketones is 1. The van der Waals surface area contributed by atoms with Crippen LogP contribution in [0.4, 0.5) is 0 Å². The molecule has 160 valence electrons. The molecule has 2 N–H and O–H groups in total. The molecule has 4 rings (SSSR count). The summed E-state index contributed by atoms with van der Waals surface area (Å²) in [5.74, 6) is 0.678. The predicted octanol–water partition coefficient (Wildman–Crippen LogP) is 3.74. The SMILES string of the molecule is CC(=O)[C@H]1CCC2[C@H]3CC[C@H]4C[C@](O)(OS(=O)(=O)O)CC[C@]4(C)[C@@H]3CC[C@@]21C. The predicted molar refractivity (Wildman–Crippen MR) is 103 cm³/mol. The van der Waals surface area contributed by atoms with Crippen LogP contribution in [0.15, 0.2) is 0 Å². The summed E-state index contributed by atoms with van der Waals surface area (Å²) in [5, 5.41) is 10.6. The normalized spacial score (nSPS) is 51.1. The van der Waals surface area contributed by atoms with Gasteiger partial charge in [0.05, 0.1) is 0 Å². The van der Waals surface area contributed by atoms with E-state index >= 15 is 0 Å². The molecule has 4 aliphatic carbocycles. The van der Waals surface area contributed by atoms with Crippen LogP contribution in [0.2, 0.25) is 0 Å². The Morgan fingerprint density at radius 1 is 0.964 bits per heavy atom. The highest BCUT2D eigenvalue weighted by atomic mass is 32.3. The Bertz CT molecular complexity index is 765. The maximum absolute atomic E-state index is 12.2. The van der Waals surface area contributed by atoms with E-state index in [1.54, 1.807) is 6.92 Å². The Labute approximate surface area is 168 Å². The van der Waals surface area contributed by atoms with Gasteiger partial charge in [-0.1, -0.05) is 13.8 Å². The summed E-state index contributed by atoms with van der Waals surface area (Å²) >= 11 is 0. The van der Waals surface area contributed by atoms with Gasteiger partial charge in [-0.3, -0.25) is 9.35 Å². The highest BCUT2D eigenvalue weighted by molar-refractivity contribution is 7.80. The molecule has 7 heteroatoms. The zero-order chi connectivity index (χ0) is 20.5. The summed E-state index contributed by atoms with van der Waals surface area (Å²) in [5.41, 5.74) is 0.174. The fraction of sp³-hybridized carbons (Fsp3) is 0.952. The number of aliphatic hydroxyl groups is 1. The summed E-state index contributed by atoms with van der Waals surface area (Å²) in [6.45, 7) is 6.39. The molecule has 0 aromatic heterocycles. The highest BCUT2D eigenvalue weighted by Gasteiger charge is 2.62. The number of fused-ring (bicyclic) bond motifs is 5. The van der Waals surface area contributed by atoms with Crippen LogP contribution in [0.25, 0.3) is 0 Å². The number of carbonyl (C=O) groups excluding carboxylic acids is 1. The van der Waals surface area contributed by atoms with Crippen LogP contribution >= 0.6 is 0 Å². The number of rotatable bonds is 3. The molecule has 0 aliphatic heterocycles. The summed E-state index contributed by atoms with van der Waals surface area (Å²) in [4.78, 5) is 12.2. The Kier molecular flexibility index (Phi) is 4.82. The van der Waals surface area contributed by atoms with E-state index in [0.717, 1.165) is 38.5 Å². The summed E-state index contributed by atoms with van der Waals surface area (Å²) in [7, 11) is -4.68. The lowest BCUT2D eigenvalue weighted by Gasteiger charge is -2.61. The van der Waals surface area contributed by atoms with Crippen LogP contribution in [-0.4, -0.2) is 29.6 Å². The van der Waals surface area contributed by atoms with E-state index in [4.69, 9.17) is 4.55 Å². The van der Waals surface area contributed by atoms with E-state index in [-0.39, 0.29) is 35.5 Å². The zero-order valence-electron chi connectivity index (χ0n) is 17.2. The van der Waals surface area contributed by atoms with Crippen LogP contribution in [0, 0.1) is 40.4 Å². The van der Waals surface area contributed by atoms with Crippen LogP contribution < -0.4 is 0 Å². The second-order valence-corrected chi connectivity index (χ2v) is 11.6. The molecule has 28 heavy (non-hydrogen) atoms. The third-order valence-corrected chi connectivity index (χ3v) is 9.96. The van der Waals surface area contributed by atoms with Gasteiger partial charge in [0.2, 0.25) is 0 Å². The minimum atomic E-state index is -4.68. The first kappa shape index (κ1) is 20.8. The van der Waals surface area contributed by atoms with E-state index < -0.39 is 16.2 Å². The van der Waals surface area contributed by atoms with E-state index in [9.17, 15) is 18.3 Å². The standard InChI is InChI=1S/C21H34O6S/c1-13(22)16-6-7-17-15-5-4-14-12-21(23,27-28(24,25)26)11-10-19(14,2)18(15)8-9-20(16,17)3/h14-18,23H,4-12H2,1-3H3,(H,24,25,26)/t14-,15+,16+,17?,18+,19-,20+,21+/m0/s1. The summed E-state index contributed by atoms with van der Waals surface area (Å²) in [6, 6.07) is 0. The Balaban J connectivity index is 1.56. The summed E-state index contributed by atoms with van der Waals surface area (Å²) in [6.07, 6.45) is 7.52. The molecule has 4 fully saturated rings. The van der Waals surface area contributed by atoms with Gasteiger partial charge in [0.15, 0.2) is 5.79 Å². The lowest BCUT2D eigenvalue weighted by molar-refractivity contribution is -0.219. The van der Waals surface area contributed by atoms with Gasteiger partial charge < -0.3 is 5.11 Å². The van der Waals surface area contributed by atoms with E-state index in [1.165, 1.54) is 0 Å². The molecular formula is C21H34O6S. The van der Waals surface area contributed by atoms with Gasteiger partial charge in [0.1, 0.15) is 5.78 Å².